The van der Waals surface area contributed by atoms with Crippen LogP contribution in [0.4, 0.5) is 11.6 Å². The summed E-state index contributed by atoms with van der Waals surface area (Å²) < 4.78 is 1.66. The van der Waals surface area contributed by atoms with E-state index in [-0.39, 0.29) is 24.5 Å². The smallest absolute Gasteiger partial charge is 0.258 e. The van der Waals surface area contributed by atoms with Crippen molar-refractivity contribution in [2.45, 2.75) is 38.6 Å². The fourth-order valence-electron chi connectivity index (χ4n) is 3.12. The topological polar surface area (TPSA) is 104 Å². The van der Waals surface area contributed by atoms with Crippen LogP contribution in [0.15, 0.2) is 36.8 Å². The highest BCUT2D eigenvalue weighted by molar-refractivity contribution is 6.03. The molecule has 3 aromatic rings. The second kappa shape index (κ2) is 7.55. The maximum Gasteiger partial charge on any atom is 0.258 e. The van der Waals surface area contributed by atoms with Crippen LogP contribution >= 0.6 is 0 Å². The van der Waals surface area contributed by atoms with Crippen molar-refractivity contribution in [3.05, 3.63) is 47.9 Å². The van der Waals surface area contributed by atoms with Gasteiger partial charge in [-0.3, -0.25) is 9.78 Å². The van der Waals surface area contributed by atoms with Gasteiger partial charge in [0.1, 0.15) is 11.6 Å². The van der Waals surface area contributed by atoms with Gasteiger partial charge in [0.05, 0.1) is 24.4 Å². The van der Waals surface area contributed by atoms with Crippen LogP contribution in [0.1, 0.15) is 48.5 Å². The van der Waals surface area contributed by atoms with Crippen molar-refractivity contribution >= 4 is 23.2 Å². The van der Waals surface area contributed by atoms with Gasteiger partial charge in [-0.05, 0) is 36.8 Å². The molecule has 8 heteroatoms. The van der Waals surface area contributed by atoms with Crippen molar-refractivity contribution in [1.29, 1.82) is 0 Å². The first-order valence-corrected chi connectivity index (χ1v) is 9.54. The highest BCUT2D eigenvalue weighted by Crippen LogP contribution is 2.42. The normalized spacial score (nSPS) is 15.0. The molecule has 1 aliphatic carbocycles. The third-order valence-electron chi connectivity index (χ3n) is 5.02. The van der Waals surface area contributed by atoms with Gasteiger partial charge >= 0.3 is 0 Å². The van der Waals surface area contributed by atoms with Crippen LogP contribution in [0.5, 0.6) is 0 Å². The van der Waals surface area contributed by atoms with E-state index in [1.54, 1.807) is 28.9 Å². The number of hydrogen-bond donors (Lipinski definition) is 3. The lowest BCUT2D eigenvalue weighted by Crippen LogP contribution is -2.30. The van der Waals surface area contributed by atoms with E-state index in [1.165, 1.54) is 6.20 Å². The highest BCUT2D eigenvalue weighted by atomic mass is 16.3. The maximum atomic E-state index is 12.6. The molecule has 0 saturated heterocycles. The monoisotopic (exact) mass is 380 g/mol. The molecule has 8 nitrogen and oxygen atoms in total. The van der Waals surface area contributed by atoms with E-state index in [9.17, 15) is 9.90 Å². The summed E-state index contributed by atoms with van der Waals surface area (Å²) in [7, 11) is 0. The summed E-state index contributed by atoms with van der Waals surface area (Å²) in [5, 5.41) is 20.3. The Kier molecular flexibility index (Phi) is 4.95. The van der Waals surface area contributed by atoms with Gasteiger partial charge in [0, 0.05) is 24.0 Å². The first kappa shape index (κ1) is 18.4. The zero-order valence-electron chi connectivity index (χ0n) is 16.0. The summed E-state index contributed by atoms with van der Waals surface area (Å²) in [6.07, 6.45) is 7.23. The Bertz CT molecular complexity index is 981. The van der Waals surface area contributed by atoms with Crippen LogP contribution < -0.4 is 10.6 Å². The van der Waals surface area contributed by atoms with E-state index in [2.05, 4.69) is 20.7 Å². The quantitative estimate of drug-likeness (QED) is 0.582. The van der Waals surface area contributed by atoms with Gasteiger partial charge in [-0.1, -0.05) is 13.8 Å². The van der Waals surface area contributed by atoms with Gasteiger partial charge in [-0.2, -0.15) is 9.61 Å². The number of pyridine rings is 1. The first-order valence-electron chi connectivity index (χ1n) is 9.54. The molecule has 1 aliphatic rings. The fourth-order valence-corrected chi connectivity index (χ4v) is 3.12. The van der Waals surface area contributed by atoms with Crippen molar-refractivity contribution in [3.63, 3.8) is 0 Å². The lowest BCUT2D eigenvalue weighted by atomic mass is 10.1. The van der Waals surface area contributed by atoms with Crippen molar-refractivity contribution in [3.8, 4) is 0 Å². The number of carbonyl (C=O) groups excluding carboxylic acids is 1. The van der Waals surface area contributed by atoms with Crippen molar-refractivity contribution in [2.75, 3.05) is 17.2 Å². The van der Waals surface area contributed by atoms with Crippen LogP contribution in [-0.2, 0) is 0 Å². The number of aliphatic hydroxyl groups is 1. The molecule has 4 rings (SSSR count). The molecule has 1 unspecified atom stereocenters. The number of fused-ring (bicyclic) bond motifs is 1. The number of nitrogens with zero attached hydrogens (tertiary/aromatic N) is 4. The lowest BCUT2D eigenvalue weighted by molar-refractivity contribution is 0.102. The number of rotatable bonds is 7. The molecule has 28 heavy (non-hydrogen) atoms. The van der Waals surface area contributed by atoms with Crippen LogP contribution in [0.25, 0.3) is 5.65 Å². The number of hydrogen-bond acceptors (Lipinski definition) is 6. The van der Waals surface area contributed by atoms with Gasteiger partial charge < -0.3 is 15.7 Å². The van der Waals surface area contributed by atoms with E-state index >= 15 is 0 Å². The molecule has 0 aliphatic heterocycles. The van der Waals surface area contributed by atoms with E-state index in [1.807, 2.05) is 20.0 Å². The lowest BCUT2D eigenvalue weighted by Gasteiger charge is -2.21. The molecule has 1 amide bonds. The SMILES string of the molecule is CC(C)C(CO)Nc1cc(NC(=O)c2cccnc2)n2ncc(C3CC3)c2n1. The van der Waals surface area contributed by atoms with Gasteiger partial charge in [-0.15, -0.1) is 0 Å². The number of nitrogens with one attached hydrogen (secondary N) is 2. The van der Waals surface area contributed by atoms with Gasteiger partial charge in [0.15, 0.2) is 5.65 Å². The van der Waals surface area contributed by atoms with Crippen LogP contribution in [0, 0.1) is 5.92 Å². The number of carbonyl (C=O) groups is 1. The minimum absolute atomic E-state index is 0.00333. The molecular weight excluding hydrogens is 356 g/mol. The largest absolute Gasteiger partial charge is 0.394 e. The zero-order chi connectivity index (χ0) is 19.7. The Morgan fingerprint density at radius 1 is 1.36 bits per heavy atom. The minimum Gasteiger partial charge on any atom is -0.394 e. The Balaban J connectivity index is 1.72. The molecule has 3 N–H and O–H groups in total. The van der Waals surface area contributed by atoms with Gasteiger partial charge in [-0.25, -0.2) is 4.98 Å². The number of aromatic nitrogens is 4. The van der Waals surface area contributed by atoms with Crippen LogP contribution in [0.2, 0.25) is 0 Å². The summed E-state index contributed by atoms with van der Waals surface area (Å²) >= 11 is 0. The number of aliphatic hydroxyl groups excluding tert-OH is 1. The van der Waals surface area contributed by atoms with Crippen LogP contribution in [-0.4, -0.2) is 43.2 Å². The second-order valence-electron chi connectivity index (χ2n) is 7.51. The Morgan fingerprint density at radius 2 is 2.18 bits per heavy atom. The molecule has 0 radical (unpaired) electrons. The van der Waals surface area contributed by atoms with Gasteiger partial charge in [0.25, 0.3) is 5.91 Å². The molecule has 0 aromatic carbocycles. The van der Waals surface area contributed by atoms with Crippen molar-refractivity contribution < 1.29 is 9.90 Å². The van der Waals surface area contributed by atoms with Gasteiger partial charge in [0.2, 0.25) is 0 Å². The summed E-state index contributed by atoms with van der Waals surface area (Å²) in [6.45, 7) is 4.06. The van der Waals surface area contributed by atoms with Crippen molar-refractivity contribution in [2.24, 2.45) is 5.92 Å². The van der Waals surface area contributed by atoms with Crippen LogP contribution in [0.3, 0.4) is 0 Å². The average Bonchev–Trinajstić information content (AvgIpc) is 3.45. The first-order chi connectivity index (χ1) is 13.6. The minimum atomic E-state index is -0.266. The summed E-state index contributed by atoms with van der Waals surface area (Å²) in [5.74, 6) is 1.56. The fraction of sp³-hybridized carbons (Fsp3) is 0.400. The van der Waals surface area contributed by atoms with E-state index in [4.69, 9.17) is 4.98 Å². The molecule has 3 aromatic heterocycles. The summed E-state index contributed by atoms with van der Waals surface area (Å²) in [4.78, 5) is 21.4. The molecule has 1 atom stereocenters. The predicted octanol–water partition coefficient (Wildman–Crippen LogP) is 2.68. The molecule has 146 valence electrons. The molecule has 0 bridgehead atoms. The standard InChI is InChI=1S/C20H24N6O2/c1-12(2)16(11-27)23-17-8-18(25-20(28)14-4-3-7-21-9-14)26-19(24-17)15(10-22-26)13-5-6-13/h3-4,7-10,12-13,16,27H,5-6,11H2,1-2H3,(H,23,24)(H,25,28). The molecule has 0 spiro atoms. The number of amides is 1. The summed E-state index contributed by atoms with van der Waals surface area (Å²) in [6, 6.07) is 5.04. The zero-order valence-corrected chi connectivity index (χ0v) is 16.0. The van der Waals surface area contributed by atoms with E-state index in [0.717, 1.165) is 24.1 Å². The Hall–Kier alpha value is -3.00. The average molecular weight is 380 g/mol. The van der Waals surface area contributed by atoms with Crippen molar-refractivity contribution in [1.82, 2.24) is 19.6 Å². The molecule has 1 saturated carbocycles. The van der Waals surface area contributed by atoms with E-state index < -0.39 is 0 Å². The molecular formula is C20H24N6O2. The molecule has 1 fully saturated rings. The third-order valence-corrected chi connectivity index (χ3v) is 5.02. The maximum absolute atomic E-state index is 12.6. The van der Waals surface area contributed by atoms with E-state index in [0.29, 0.717) is 23.1 Å². The number of anilines is 2. The summed E-state index contributed by atoms with van der Waals surface area (Å²) in [5.41, 5.74) is 2.28. The Labute approximate surface area is 163 Å². The Morgan fingerprint density at radius 3 is 2.82 bits per heavy atom. The second-order valence-corrected chi connectivity index (χ2v) is 7.51. The predicted molar refractivity (Wildman–Crippen MR) is 106 cm³/mol. The third kappa shape index (κ3) is 3.68. The highest BCUT2D eigenvalue weighted by Gasteiger charge is 2.28. The molecule has 3 heterocycles.